The van der Waals surface area contributed by atoms with Gasteiger partial charge in [0.05, 0.1) is 0 Å². The van der Waals surface area contributed by atoms with Crippen LogP contribution in [0.5, 0.6) is 5.75 Å². The summed E-state index contributed by atoms with van der Waals surface area (Å²) < 4.78 is 63.2. The van der Waals surface area contributed by atoms with Crippen LogP contribution in [0.3, 0.4) is 0 Å². The highest BCUT2D eigenvalue weighted by molar-refractivity contribution is 7.88. The molecule has 24 heavy (non-hydrogen) atoms. The van der Waals surface area contributed by atoms with Gasteiger partial charge >= 0.3 is 15.6 Å². The number of alkyl halides is 3. The summed E-state index contributed by atoms with van der Waals surface area (Å²) in [4.78, 5) is 0. The van der Waals surface area contributed by atoms with Crippen LogP contribution in [0, 0.1) is 5.92 Å². The standard InChI is InChI=1S/C17H19F3O3S/c1-11(2)15-9-4-12(3)10-16(15)13-5-7-14(8-6-13)23-24(21,22)17(18,19)20/h5-8,10,15-16H,1,4,9H2,2-3H3/t15-,16-/m0/s1. The Morgan fingerprint density at radius 2 is 1.83 bits per heavy atom. The van der Waals surface area contributed by atoms with E-state index in [1.54, 1.807) is 12.1 Å². The molecule has 1 aromatic rings. The molecule has 1 aromatic carbocycles. The first kappa shape index (κ1) is 18.6. The molecule has 3 nitrogen and oxygen atoms in total. The monoisotopic (exact) mass is 360 g/mol. The van der Waals surface area contributed by atoms with Crippen molar-refractivity contribution >= 4 is 10.1 Å². The van der Waals surface area contributed by atoms with Crippen molar-refractivity contribution in [1.29, 1.82) is 0 Å². The summed E-state index contributed by atoms with van der Waals surface area (Å²) >= 11 is 0. The Morgan fingerprint density at radius 1 is 1.25 bits per heavy atom. The van der Waals surface area contributed by atoms with Gasteiger partial charge in [0.1, 0.15) is 5.75 Å². The van der Waals surface area contributed by atoms with Gasteiger partial charge in [-0.05, 0) is 50.3 Å². The summed E-state index contributed by atoms with van der Waals surface area (Å²) in [5.41, 5.74) is -2.26. The Kier molecular flexibility index (Phi) is 5.13. The molecule has 132 valence electrons. The first-order valence-corrected chi connectivity index (χ1v) is 8.85. The molecule has 0 spiro atoms. The van der Waals surface area contributed by atoms with E-state index in [0.717, 1.165) is 24.0 Å². The van der Waals surface area contributed by atoms with Crippen molar-refractivity contribution in [3.63, 3.8) is 0 Å². The number of benzene rings is 1. The number of hydrogen-bond donors (Lipinski definition) is 0. The van der Waals surface area contributed by atoms with Gasteiger partial charge in [-0.3, -0.25) is 0 Å². The van der Waals surface area contributed by atoms with Gasteiger partial charge in [0.2, 0.25) is 0 Å². The van der Waals surface area contributed by atoms with E-state index in [2.05, 4.69) is 16.8 Å². The molecule has 0 N–H and O–H groups in total. The third-order valence-electron chi connectivity index (χ3n) is 4.13. The van der Waals surface area contributed by atoms with E-state index in [9.17, 15) is 21.6 Å². The minimum absolute atomic E-state index is 0.0736. The Balaban J connectivity index is 2.26. The quantitative estimate of drug-likeness (QED) is 0.434. The summed E-state index contributed by atoms with van der Waals surface area (Å²) in [5.74, 6) is -0.0386. The molecule has 0 radical (unpaired) electrons. The van der Waals surface area contributed by atoms with Crippen LogP contribution in [0.1, 0.15) is 38.2 Å². The highest BCUT2D eigenvalue weighted by atomic mass is 32.2. The predicted molar refractivity (Wildman–Crippen MR) is 86.1 cm³/mol. The first-order chi connectivity index (χ1) is 11.0. The zero-order chi connectivity index (χ0) is 18.1. The van der Waals surface area contributed by atoms with Gasteiger partial charge < -0.3 is 4.18 Å². The van der Waals surface area contributed by atoms with Crippen LogP contribution in [-0.2, 0) is 10.1 Å². The van der Waals surface area contributed by atoms with Crippen molar-refractivity contribution in [2.75, 3.05) is 0 Å². The number of allylic oxidation sites excluding steroid dienone is 3. The normalized spacial score (nSPS) is 22.0. The van der Waals surface area contributed by atoms with Gasteiger partial charge in [-0.25, -0.2) is 0 Å². The summed E-state index contributed by atoms with van der Waals surface area (Å²) in [6, 6.07) is 5.67. The summed E-state index contributed by atoms with van der Waals surface area (Å²) in [6.07, 6.45) is 4.08. The van der Waals surface area contributed by atoms with Gasteiger partial charge in [0.15, 0.2) is 0 Å². The van der Waals surface area contributed by atoms with Crippen LogP contribution in [0.2, 0.25) is 0 Å². The zero-order valence-electron chi connectivity index (χ0n) is 13.4. The Morgan fingerprint density at radius 3 is 2.33 bits per heavy atom. The molecule has 0 amide bonds. The second-order valence-electron chi connectivity index (χ2n) is 6.08. The van der Waals surface area contributed by atoms with Crippen LogP contribution in [0.25, 0.3) is 0 Å². The molecule has 0 bridgehead atoms. The maximum atomic E-state index is 12.3. The zero-order valence-corrected chi connectivity index (χ0v) is 14.2. The molecule has 1 aliphatic carbocycles. The van der Waals surface area contributed by atoms with Crippen LogP contribution >= 0.6 is 0 Å². The van der Waals surface area contributed by atoms with Crippen LogP contribution in [0.15, 0.2) is 48.1 Å². The van der Waals surface area contributed by atoms with Crippen molar-refractivity contribution < 1.29 is 25.8 Å². The van der Waals surface area contributed by atoms with Crippen molar-refractivity contribution in [2.24, 2.45) is 5.92 Å². The smallest absolute Gasteiger partial charge is 0.376 e. The van der Waals surface area contributed by atoms with Crippen molar-refractivity contribution in [2.45, 2.75) is 38.1 Å². The minimum atomic E-state index is -5.65. The van der Waals surface area contributed by atoms with Crippen LogP contribution in [-0.4, -0.2) is 13.9 Å². The van der Waals surface area contributed by atoms with Crippen molar-refractivity contribution in [3.05, 3.63) is 53.6 Å². The Bertz CT molecular complexity index is 746. The molecule has 1 aliphatic rings. The van der Waals surface area contributed by atoms with E-state index in [0.29, 0.717) is 0 Å². The van der Waals surface area contributed by atoms with Gasteiger partial charge in [-0.1, -0.05) is 35.9 Å². The lowest BCUT2D eigenvalue weighted by Gasteiger charge is -2.30. The number of halogens is 3. The van der Waals surface area contributed by atoms with E-state index in [-0.39, 0.29) is 17.6 Å². The summed E-state index contributed by atoms with van der Waals surface area (Å²) in [5, 5.41) is 0. The van der Waals surface area contributed by atoms with Gasteiger partial charge in [-0.15, -0.1) is 0 Å². The van der Waals surface area contributed by atoms with E-state index in [1.165, 1.54) is 17.7 Å². The predicted octanol–water partition coefficient (Wildman–Crippen LogP) is 4.93. The third-order valence-corrected chi connectivity index (χ3v) is 5.11. The van der Waals surface area contributed by atoms with Crippen molar-refractivity contribution in [1.82, 2.24) is 0 Å². The minimum Gasteiger partial charge on any atom is -0.376 e. The summed E-state index contributed by atoms with van der Waals surface area (Å²) in [6.45, 7) is 8.01. The molecule has 2 rings (SSSR count). The first-order valence-electron chi connectivity index (χ1n) is 7.44. The number of rotatable bonds is 4. The van der Waals surface area contributed by atoms with E-state index in [1.807, 2.05) is 13.8 Å². The molecule has 2 atom stereocenters. The van der Waals surface area contributed by atoms with E-state index in [4.69, 9.17) is 0 Å². The topological polar surface area (TPSA) is 43.4 Å². The maximum Gasteiger partial charge on any atom is 0.534 e. The molecule has 0 fully saturated rings. The van der Waals surface area contributed by atoms with E-state index < -0.39 is 15.6 Å². The Labute approximate surface area is 140 Å². The van der Waals surface area contributed by atoms with Gasteiger partial charge in [-0.2, -0.15) is 21.6 Å². The lowest BCUT2D eigenvalue weighted by Crippen LogP contribution is -2.28. The van der Waals surface area contributed by atoms with Crippen molar-refractivity contribution in [3.8, 4) is 5.75 Å². The third kappa shape index (κ3) is 4.01. The lowest BCUT2D eigenvalue weighted by molar-refractivity contribution is -0.0500. The molecule has 7 heteroatoms. The highest BCUT2D eigenvalue weighted by Gasteiger charge is 2.48. The summed E-state index contributed by atoms with van der Waals surface area (Å²) in [7, 11) is -5.65. The second-order valence-corrected chi connectivity index (χ2v) is 7.62. The van der Waals surface area contributed by atoms with Gasteiger partial charge in [0, 0.05) is 5.92 Å². The molecule has 0 aliphatic heterocycles. The maximum absolute atomic E-state index is 12.3. The SMILES string of the molecule is C=C(C)[C@@H]1CCC(C)=C[C@H]1c1ccc(OS(=O)(=O)C(F)(F)F)cc1. The highest BCUT2D eigenvalue weighted by Crippen LogP contribution is 2.40. The molecule has 0 aromatic heterocycles. The molecular formula is C17H19F3O3S. The number of hydrogen-bond acceptors (Lipinski definition) is 3. The Hall–Kier alpha value is -1.76. The fourth-order valence-electron chi connectivity index (χ4n) is 2.87. The molecule has 0 saturated heterocycles. The molecule has 0 unspecified atom stereocenters. The van der Waals surface area contributed by atoms with E-state index >= 15 is 0 Å². The average Bonchev–Trinajstić information content (AvgIpc) is 2.46. The van der Waals surface area contributed by atoms with Gasteiger partial charge in [0.25, 0.3) is 0 Å². The second kappa shape index (κ2) is 6.63. The average molecular weight is 360 g/mol. The van der Waals surface area contributed by atoms with Crippen LogP contribution < -0.4 is 4.18 Å². The van der Waals surface area contributed by atoms with Crippen LogP contribution in [0.4, 0.5) is 13.2 Å². The lowest BCUT2D eigenvalue weighted by atomic mass is 9.74. The molecular weight excluding hydrogens is 341 g/mol. The molecule has 0 saturated carbocycles. The fourth-order valence-corrected chi connectivity index (χ4v) is 3.33. The molecule has 0 heterocycles. The fraction of sp³-hybridized carbons (Fsp3) is 0.412. The largest absolute Gasteiger partial charge is 0.534 e.